The van der Waals surface area contributed by atoms with Gasteiger partial charge in [0.15, 0.2) is 5.76 Å². The topological polar surface area (TPSA) is 66.8 Å². The molecule has 0 unspecified atom stereocenters. The molecule has 0 spiro atoms. The molecular weight excluding hydrogens is 294 g/mol. The van der Waals surface area contributed by atoms with Crippen molar-refractivity contribution in [1.29, 1.82) is 0 Å². The lowest BCUT2D eigenvalue weighted by Gasteiger charge is -2.29. The van der Waals surface area contributed by atoms with E-state index in [0.29, 0.717) is 17.9 Å². The molecular formula is C18H21NO4. The van der Waals surface area contributed by atoms with Crippen molar-refractivity contribution in [3.63, 3.8) is 0 Å². The van der Waals surface area contributed by atoms with Gasteiger partial charge in [-0.3, -0.25) is 14.5 Å². The summed E-state index contributed by atoms with van der Waals surface area (Å²) < 4.78 is 5.37. The van der Waals surface area contributed by atoms with Gasteiger partial charge in [-0.25, -0.2) is 0 Å². The largest absolute Gasteiger partial charge is 0.502 e. The van der Waals surface area contributed by atoms with Crippen LogP contribution in [0.5, 0.6) is 5.75 Å². The fourth-order valence-corrected chi connectivity index (χ4v) is 3.35. The highest BCUT2D eigenvalue weighted by Gasteiger charge is 2.43. The van der Waals surface area contributed by atoms with Crippen LogP contribution in [0.25, 0.3) is 5.57 Å². The molecule has 1 aliphatic carbocycles. The maximum absolute atomic E-state index is 12.7. The third kappa shape index (κ3) is 2.83. The summed E-state index contributed by atoms with van der Waals surface area (Å²) in [6.07, 6.45) is 4.81. The number of rotatable bonds is 4. The highest BCUT2D eigenvalue weighted by molar-refractivity contribution is 6.35. The van der Waals surface area contributed by atoms with E-state index in [9.17, 15) is 14.7 Å². The number of nitrogens with zero attached hydrogens (tertiary/aromatic N) is 1. The first-order chi connectivity index (χ1) is 11.1. The van der Waals surface area contributed by atoms with E-state index in [2.05, 4.69) is 0 Å². The molecule has 0 atom stereocenters. The first kappa shape index (κ1) is 15.6. The van der Waals surface area contributed by atoms with Crippen LogP contribution in [-0.4, -0.2) is 34.5 Å². The van der Waals surface area contributed by atoms with Gasteiger partial charge >= 0.3 is 0 Å². The Kier molecular flexibility index (Phi) is 4.37. The minimum atomic E-state index is -0.564. The van der Waals surface area contributed by atoms with Gasteiger partial charge in [-0.05, 0) is 37.5 Å². The Balaban J connectivity index is 1.86. The smallest absolute Gasteiger partial charge is 0.296 e. The third-order valence-electron chi connectivity index (χ3n) is 4.48. The van der Waals surface area contributed by atoms with Crippen molar-refractivity contribution in [3.8, 4) is 5.75 Å². The molecule has 0 radical (unpaired) electrons. The second-order valence-electron chi connectivity index (χ2n) is 5.95. The van der Waals surface area contributed by atoms with Gasteiger partial charge in [0.1, 0.15) is 5.75 Å². The summed E-state index contributed by atoms with van der Waals surface area (Å²) in [5.74, 6) is -0.698. The summed E-state index contributed by atoms with van der Waals surface area (Å²) in [4.78, 5) is 26.3. The number of amides is 2. The maximum atomic E-state index is 12.7. The molecule has 1 aliphatic heterocycles. The molecule has 3 rings (SSSR count). The van der Waals surface area contributed by atoms with Gasteiger partial charge in [-0.2, -0.15) is 0 Å². The molecule has 0 bridgehead atoms. The lowest BCUT2D eigenvalue weighted by Crippen LogP contribution is -2.42. The van der Waals surface area contributed by atoms with E-state index >= 15 is 0 Å². The predicted octanol–water partition coefficient (Wildman–Crippen LogP) is 3.06. The number of imide groups is 1. The van der Waals surface area contributed by atoms with Crippen LogP contribution in [0.1, 0.15) is 44.6 Å². The number of carbonyl (C=O) groups excluding carboxylic acids is 2. The minimum Gasteiger partial charge on any atom is -0.502 e. The van der Waals surface area contributed by atoms with E-state index in [0.717, 1.165) is 32.1 Å². The number of carbonyl (C=O) groups is 2. The molecule has 0 aromatic heterocycles. The number of aliphatic hydroxyl groups excluding tert-OH is 1. The number of aliphatic hydroxyl groups is 1. The van der Waals surface area contributed by atoms with Crippen molar-refractivity contribution in [2.75, 3.05) is 6.61 Å². The molecule has 5 heteroatoms. The van der Waals surface area contributed by atoms with E-state index in [1.54, 1.807) is 24.3 Å². The van der Waals surface area contributed by atoms with Crippen molar-refractivity contribution in [2.24, 2.45) is 0 Å². The van der Waals surface area contributed by atoms with Gasteiger partial charge in [0.2, 0.25) is 0 Å². The zero-order chi connectivity index (χ0) is 16.4. The van der Waals surface area contributed by atoms with Crippen LogP contribution >= 0.6 is 0 Å². The van der Waals surface area contributed by atoms with Crippen LogP contribution in [0.2, 0.25) is 0 Å². The minimum absolute atomic E-state index is 0.0916. The van der Waals surface area contributed by atoms with Gasteiger partial charge in [0.05, 0.1) is 12.2 Å². The zero-order valence-corrected chi connectivity index (χ0v) is 13.2. The number of hydrogen-bond acceptors (Lipinski definition) is 4. The Morgan fingerprint density at radius 3 is 2.35 bits per heavy atom. The van der Waals surface area contributed by atoms with Gasteiger partial charge in [0.25, 0.3) is 11.8 Å². The first-order valence-electron chi connectivity index (χ1n) is 8.18. The van der Waals surface area contributed by atoms with Gasteiger partial charge in [0, 0.05) is 6.04 Å². The molecule has 1 aromatic rings. The fourth-order valence-electron chi connectivity index (χ4n) is 3.35. The third-order valence-corrected chi connectivity index (χ3v) is 4.48. The fraction of sp³-hybridized carbons (Fsp3) is 0.444. The number of ether oxygens (including phenoxy) is 1. The first-order valence-corrected chi connectivity index (χ1v) is 8.18. The molecule has 1 N–H and O–H groups in total. The quantitative estimate of drug-likeness (QED) is 0.867. The molecule has 1 saturated carbocycles. The monoisotopic (exact) mass is 315 g/mol. The van der Waals surface area contributed by atoms with Crippen LogP contribution in [0.15, 0.2) is 30.0 Å². The second kappa shape index (κ2) is 6.44. The summed E-state index contributed by atoms with van der Waals surface area (Å²) in [7, 11) is 0. The Hall–Kier alpha value is -2.30. The standard InChI is InChI=1S/C18H21NO4/c1-2-23-14-10-8-12(9-11-14)15-16(20)18(22)19(17(15)21)13-6-4-3-5-7-13/h8-11,13,20H,2-7H2,1H3. The van der Waals surface area contributed by atoms with E-state index in [1.165, 1.54) is 4.90 Å². The maximum Gasteiger partial charge on any atom is 0.296 e. The molecule has 1 aromatic carbocycles. The summed E-state index contributed by atoms with van der Waals surface area (Å²) in [6.45, 7) is 2.45. The summed E-state index contributed by atoms with van der Waals surface area (Å²) >= 11 is 0. The Labute approximate surface area is 135 Å². The van der Waals surface area contributed by atoms with Crippen molar-refractivity contribution < 1.29 is 19.4 Å². The van der Waals surface area contributed by atoms with Crippen molar-refractivity contribution in [3.05, 3.63) is 35.6 Å². The Bertz CT molecular complexity index is 641. The highest BCUT2D eigenvalue weighted by Crippen LogP contribution is 2.34. The Morgan fingerprint density at radius 1 is 1.09 bits per heavy atom. The number of hydrogen-bond donors (Lipinski definition) is 1. The van der Waals surface area contributed by atoms with Crippen LogP contribution in [0.4, 0.5) is 0 Å². The van der Waals surface area contributed by atoms with E-state index in [1.807, 2.05) is 6.92 Å². The molecule has 122 valence electrons. The average molecular weight is 315 g/mol. The van der Waals surface area contributed by atoms with Crippen LogP contribution < -0.4 is 4.74 Å². The molecule has 1 fully saturated rings. The summed E-state index contributed by atoms with van der Waals surface area (Å²) in [5.41, 5.74) is 0.645. The van der Waals surface area contributed by atoms with Gasteiger partial charge < -0.3 is 9.84 Å². The normalized spacial score (nSPS) is 19.6. The van der Waals surface area contributed by atoms with Crippen molar-refractivity contribution in [2.45, 2.75) is 45.1 Å². The lowest BCUT2D eigenvalue weighted by atomic mass is 9.94. The summed E-state index contributed by atoms with van der Waals surface area (Å²) in [6, 6.07) is 6.78. The zero-order valence-electron chi connectivity index (χ0n) is 13.2. The van der Waals surface area contributed by atoms with Gasteiger partial charge in [-0.1, -0.05) is 31.4 Å². The van der Waals surface area contributed by atoms with E-state index in [-0.39, 0.29) is 17.5 Å². The van der Waals surface area contributed by atoms with Crippen LogP contribution in [0, 0.1) is 0 Å². The van der Waals surface area contributed by atoms with Gasteiger partial charge in [-0.15, -0.1) is 0 Å². The predicted molar refractivity (Wildman–Crippen MR) is 85.9 cm³/mol. The summed E-state index contributed by atoms with van der Waals surface area (Å²) in [5, 5.41) is 10.2. The highest BCUT2D eigenvalue weighted by atomic mass is 16.5. The van der Waals surface area contributed by atoms with Crippen molar-refractivity contribution >= 4 is 17.4 Å². The van der Waals surface area contributed by atoms with Crippen LogP contribution in [-0.2, 0) is 9.59 Å². The Morgan fingerprint density at radius 2 is 1.74 bits per heavy atom. The van der Waals surface area contributed by atoms with E-state index < -0.39 is 11.7 Å². The molecule has 2 aliphatic rings. The van der Waals surface area contributed by atoms with E-state index in [4.69, 9.17) is 4.74 Å². The molecule has 2 amide bonds. The molecule has 0 saturated heterocycles. The average Bonchev–Trinajstić information content (AvgIpc) is 2.79. The van der Waals surface area contributed by atoms with Crippen LogP contribution in [0.3, 0.4) is 0 Å². The molecule has 23 heavy (non-hydrogen) atoms. The van der Waals surface area contributed by atoms with Crippen molar-refractivity contribution in [1.82, 2.24) is 4.90 Å². The molecule has 1 heterocycles. The number of benzene rings is 1. The second-order valence-corrected chi connectivity index (χ2v) is 5.95. The SMILES string of the molecule is CCOc1ccc(C2=C(O)C(=O)N(C3CCCCC3)C2=O)cc1. The molecule has 5 nitrogen and oxygen atoms in total. The lowest BCUT2D eigenvalue weighted by molar-refractivity contribution is -0.141.